The minimum atomic E-state index is -0.866. The molecule has 0 aliphatic rings. The first-order valence-corrected chi connectivity index (χ1v) is 7.40. The van der Waals surface area contributed by atoms with Gasteiger partial charge >= 0.3 is 5.97 Å². The molecule has 0 saturated carbocycles. The van der Waals surface area contributed by atoms with Gasteiger partial charge in [-0.2, -0.15) is 12.6 Å². The fourth-order valence-electron chi connectivity index (χ4n) is 0.876. The first kappa shape index (κ1) is 23.8. The van der Waals surface area contributed by atoms with Crippen molar-refractivity contribution in [2.24, 2.45) is 0 Å². The Bertz CT molecular complexity index is 251. The van der Waals surface area contributed by atoms with Crippen LogP contribution in [-0.4, -0.2) is 41.7 Å². The topological polar surface area (TPSA) is 95.5 Å². The van der Waals surface area contributed by atoms with Gasteiger partial charge in [-0.25, -0.2) is 0 Å². The van der Waals surface area contributed by atoms with E-state index < -0.39 is 5.97 Å². The van der Waals surface area contributed by atoms with Gasteiger partial charge in [-0.05, 0) is 20.3 Å². The Morgan fingerprint density at radius 3 is 2.15 bits per heavy atom. The Balaban J connectivity index is -0.000000346. The summed E-state index contributed by atoms with van der Waals surface area (Å²) in [6.45, 7) is 8.44. The predicted octanol–water partition coefficient (Wildman–Crippen LogP) is 1.45. The average molecular weight is 308 g/mol. The van der Waals surface area contributed by atoms with E-state index in [-0.39, 0.29) is 24.8 Å². The molecular weight excluding hydrogens is 280 g/mol. The molecule has 3 N–H and O–H groups in total. The maximum atomic E-state index is 11.1. The van der Waals surface area contributed by atoms with Gasteiger partial charge in [0.1, 0.15) is 0 Å². The minimum absolute atomic E-state index is 0.0423. The predicted molar refractivity (Wildman–Crippen MR) is 84.0 cm³/mol. The second-order valence-corrected chi connectivity index (χ2v) is 3.94. The number of carboxylic acids is 1. The molecule has 1 atom stereocenters. The van der Waals surface area contributed by atoms with Crippen molar-refractivity contribution >= 4 is 30.9 Å². The zero-order chi connectivity index (χ0) is 16.4. The van der Waals surface area contributed by atoms with Crippen LogP contribution >= 0.6 is 12.6 Å². The van der Waals surface area contributed by atoms with Gasteiger partial charge in [-0.3, -0.25) is 14.4 Å². The molecule has 120 valence electrons. The highest BCUT2D eigenvalue weighted by atomic mass is 32.1. The monoisotopic (exact) mass is 308 g/mol. The lowest BCUT2D eigenvalue weighted by Gasteiger charge is -2.09. The highest BCUT2D eigenvalue weighted by Crippen LogP contribution is 1.96. The number of nitrogens with one attached hydrogen (secondary N) is 2. The van der Waals surface area contributed by atoms with Crippen LogP contribution in [0.25, 0.3) is 0 Å². The molecule has 0 rings (SSSR count). The Morgan fingerprint density at radius 2 is 1.85 bits per heavy atom. The summed E-state index contributed by atoms with van der Waals surface area (Å²) in [5, 5.41) is 13.4. The second kappa shape index (κ2) is 20.1. The molecule has 0 heterocycles. The normalized spacial score (nSPS) is 9.85. The molecule has 0 aromatic heterocycles. The van der Waals surface area contributed by atoms with Crippen molar-refractivity contribution in [3.8, 4) is 0 Å². The highest BCUT2D eigenvalue weighted by molar-refractivity contribution is 7.80. The molecule has 0 spiro atoms. The molecule has 0 bridgehead atoms. The van der Waals surface area contributed by atoms with E-state index in [2.05, 4.69) is 23.3 Å². The van der Waals surface area contributed by atoms with Crippen molar-refractivity contribution in [1.82, 2.24) is 10.6 Å². The van der Waals surface area contributed by atoms with E-state index >= 15 is 0 Å². The van der Waals surface area contributed by atoms with Crippen molar-refractivity contribution in [3.63, 3.8) is 0 Å². The van der Waals surface area contributed by atoms with Gasteiger partial charge in [0.15, 0.2) is 0 Å². The van der Waals surface area contributed by atoms with E-state index in [4.69, 9.17) is 5.11 Å². The smallest absolute Gasteiger partial charge is 0.303 e. The summed E-state index contributed by atoms with van der Waals surface area (Å²) in [7, 11) is 0. The third-order valence-corrected chi connectivity index (χ3v) is 2.31. The number of carboxylic acid groups (broad SMARTS) is 1. The number of hydrogen-bond donors (Lipinski definition) is 4. The lowest BCUT2D eigenvalue weighted by atomic mass is 10.2. The number of aliphatic carboxylic acids is 1. The van der Waals surface area contributed by atoms with E-state index in [0.29, 0.717) is 18.6 Å². The molecule has 0 saturated heterocycles. The molecule has 0 radical (unpaired) electrons. The third-order valence-electron chi connectivity index (χ3n) is 1.76. The van der Waals surface area contributed by atoms with Crippen LogP contribution in [0.2, 0.25) is 0 Å². The number of thiol groups is 1. The first-order chi connectivity index (χ1) is 9.47. The maximum Gasteiger partial charge on any atom is 0.303 e. The van der Waals surface area contributed by atoms with Crippen molar-refractivity contribution < 1.29 is 19.5 Å². The molecule has 7 heteroatoms. The zero-order valence-electron chi connectivity index (χ0n) is 12.8. The third kappa shape index (κ3) is 25.6. The van der Waals surface area contributed by atoms with Gasteiger partial charge < -0.3 is 15.7 Å². The average Bonchev–Trinajstić information content (AvgIpc) is 2.42. The van der Waals surface area contributed by atoms with E-state index in [9.17, 15) is 14.4 Å². The fourth-order valence-corrected chi connectivity index (χ4v) is 0.967. The summed E-state index contributed by atoms with van der Waals surface area (Å²) in [5.74, 6) is -0.386. The van der Waals surface area contributed by atoms with Gasteiger partial charge in [0, 0.05) is 31.2 Å². The Morgan fingerprint density at radius 1 is 1.30 bits per heavy atom. The second-order valence-electron chi connectivity index (χ2n) is 3.57. The lowest BCUT2D eigenvalue weighted by molar-refractivity contribution is -0.137. The van der Waals surface area contributed by atoms with Gasteiger partial charge in [0.05, 0.1) is 0 Å². The number of rotatable bonds is 8. The lowest BCUT2D eigenvalue weighted by Crippen LogP contribution is -2.33. The maximum absolute atomic E-state index is 11.1. The fraction of sp³-hybridized carbons (Fsp3) is 0.769. The molecule has 1 unspecified atom stereocenters. The summed E-state index contributed by atoms with van der Waals surface area (Å²) >= 11 is 4.01. The minimum Gasteiger partial charge on any atom is -0.481 e. The van der Waals surface area contributed by atoms with Crippen LogP contribution in [0.1, 0.15) is 47.0 Å². The Labute approximate surface area is 127 Å². The van der Waals surface area contributed by atoms with Crippen LogP contribution in [-0.2, 0) is 14.4 Å². The number of hydrogen-bond acceptors (Lipinski definition) is 4. The van der Waals surface area contributed by atoms with Gasteiger partial charge in [0.2, 0.25) is 12.3 Å². The standard InChI is InChI=1S/C8H15NO3S.C3H7NO.C2H6/c1-6(5-13)9-7(10)3-2-4-8(11)12;1-2-4-3-5;1-2/h6,13H,2-5H2,1H3,(H,9,10)(H,11,12);3H,2H2,1H3,(H,4,5);1-2H3. The Kier molecular flexibility index (Phi) is 23.9. The summed E-state index contributed by atoms with van der Waals surface area (Å²) in [5.41, 5.74) is 0. The molecule has 2 amide bonds. The summed E-state index contributed by atoms with van der Waals surface area (Å²) in [6.07, 6.45) is 1.38. The van der Waals surface area contributed by atoms with Crippen LogP contribution < -0.4 is 10.6 Å². The quantitative estimate of drug-likeness (QED) is 0.403. The molecule has 0 fully saturated rings. The van der Waals surface area contributed by atoms with E-state index in [1.807, 2.05) is 27.7 Å². The summed E-state index contributed by atoms with van der Waals surface area (Å²) in [4.78, 5) is 30.5. The van der Waals surface area contributed by atoms with E-state index in [0.717, 1.165) is 6.54 Å². The summed E-state index contributed by atoms with van der Waals surface area (Å²) in [6, 6.07) is 0.0423. The van der Waals surface area contributed by atoms with Gasteiger partial charge in [-0.15, -0.1) is 0 Å². The molecule has 0 aliphatic heterocycles. The highest BCUT2D eigenvalue weighted by Gasteiger charge is 2.06. The van der Waals surface area contributed by atoms with Crippen LogP contribution in [0.5, 0.6) is 0 Å². The zero-order valence-corrected chi connectivity index (χ0v) is 13.7. The molecular formula is C13H28N2O4S. The number of carbonyl (C=O) groups excluding carboxylic acids is 2. The largest absolute Gasteiger partial charge is 0.481 e. The van der Waals surface area contributed by atoms with Crippen LogP contribution in [0.4, 0.5) is 0 Å². The van der Waals surface area contributed by atoms with Crippen LogP contribution in [0, 0.1) is 0 Å². The Hall–Kier alpha value is -1.24. The van der Waals surface area contributed by atoms with E-state index in [1.54, 1.807) is 0 Å². The SMILES string of the molecule is CC.CC(CS)NC(=O)CCCC(=O)O.CCNC=O. The van der Waals surface area contributed by atoms with Crippen molar-refractivity contribution in [3.05, 3.63) is 0 Å². The van der Waals surface area contributed by atoms with Gasteiger partial charge in [0.25, 0.3) is 0 Å². The van der Waals surface area contributed by atoms with Crippen LogP contribution in [0.3, 0.4) is 0 Å². The molecule has 0 aliphatic carbocycles. The van der Waals surface area contributed by atoms with E-state index in [1.165, 1.54) is 0 Å². The van der Waals surface area contributed by atoms with Crippen molar-refractivity contribution in [2.75, 3.05) is 12.3 Å². The van der Waals surface area contributed by atoms with Gasteiger partial charge in [-0.1, -0.05) is 13.8 Å². The number of amides is 2. The molecule has 0 aromatic carbocycles. The molecule has 6 nitrogen and oxygen atoms in total. The first-order valence-electron chi connectivity index (χ1n) is 6.76. The van der Waals surface area contributed by atoms with Crippen molar-refractivity contribution in [1.29, 1.82) is 0 Å². The summed E-state index contributed by atoms with van der Waals surface area (Å²) < 4.78 is 0. The molecule has 20 heavy (non-hydrogen) atoms. The van der Waals surface area contributed by atoms with Crippen LogP contribution in [0.15, 0.2) is 0 Å². The molecule has 0 aromatic rings. The number of carbonyl (C=O) groups is 3. The van der Waals surface area contributed by atoms with Crippen molar-refractivity contribution in [2.45, 2.75) is 53.0 Å².